The lowest BCUT2D eigenvalue weighted by molar-refractivity contribution is -0.00382. The maximum atomic E-state index is 14.8. The summed E-state index contributed by atoms with van der Waals surface area (Å²) >= 11 is 0. The van der Waals surface area contributed by atoms with Gasteiger partial charge in [0.15, 0.2) is 0 Å². The zero-order valence-electron chi connectivity index (χ0n) is 13.6. The zero-order valence-corrected chi connectivity index (χ0v) is 13.6. The van der Waals surface area contributed by atoms with Crippen molar-refractivity contribution >= 4 is 6.09 Å². The predicted octanol–water partition coefficient (Wildman–Crippen LogP) is 3.48. The molecule has 2 aliphatic rings. The molecule has 0 saturated carbocycles. The second kappa shape index (κ2) is 5.79. The van der Waals surface area contributed by atoms with Gasteiger partial charge in [-0.05, 0) is 46.7 Å². The minimum absolute atomic E-state index is 0.280. The molecule has 0 radical (unpaired) electrons. The van der Waals surface area contributed by atoms with Crippen molar-refractivity contribution in [3.05, 3.63) is 64.5 Å². The molecule has 1 aromatic heterocycles. The molecule has 0 saturated heterocycles. The number of carboxylic acid groups (broad SMARTS) is 1. The van der Waals surface area contributed by atoms with Gasteiger partial charge >= 0.3 is 6.09 Å². The van der Waals surface area contributed by atoms with Crippen LogP contribution in [0.3, 0.4) is 0 Å². The van der Waals surface area contributed by atoms with Crippen LogP contribution in [0.25, 0.3) is 0 Å². The largest absolute Gasteiger partial charge is 0.465 e. The molecule has 0 fully saturated rings. The molecular weight excluding hydrogens is 326 g/mol. The molecular formula is C19H18F2N2O2. The molecule has 1 aliphatic heterocycles. The van der Waals surface area contributed by atoms with Crippen molar-refractivity contribution in [2.24, 2.45) is 0 Å². The highest BCUT2D eigenvalue weighted by atomic mass is 19.3. The number of amides is 1. The Labute approximate surface area is 144 Å². The number of aromatic nitrogens is 1. The highest BCUT2D eigenvalue weighted by molar-refractivity contribution is 5.65. The second-order valence-corrected chi connectivity index (χ2v) is 6.70. The van der Waals surface area contributed by atoms with E-state index < -0.39 is 17.9 Å². The van der Waals surface area contributed by atoms with Gasteiger partial charge in [0.25, 0.3) is 5.92 Å². The number of benzene rings is 1. The van der Waals surface area contributed by atoms with E-state index in [0.29, 0.717) is 42.6 Å². The van der Waals surface area contributed by atoms with E-state index in [2.05, 4.69) is 4.98 Å². The maximum absolute atomic E-state index is 14.8. The summed E-state index contributed by atoms with van der Waals surface area (Å²) in [4.78, 5) is 16.7. The highest BCUT2D eigenvalue weighted by Gasteiger charge is 2.49. The van der Waals surface area contributed by atoms with Crippen LogP contribution < -0.4 is 0 Å². The van der Waals surface area contributed by atoms with Gasteiger partial charge in [-0.15, -0.1) is 0 Å². The lowest BCUT2D eigenvalue weighted by Gasteiger charge is -2.22. The normalized spacial score (nSPS) is 21.4. The van der Waals surface area contributed by atoms with Gasteiger partial charge in [0.1, 0.15) is 0 Å². The van der Waals surface area contributed by atoms with Crippen LogP contribution >= 0.6 is 0 Å². The van der Waals surface area contributed by atoms with Gasteiger partial charge in [0, 0.05) is 31.9 Å². The van der Waals surface area contributed by atoms with E-state index in [1.807, 2.05) is 6.07 Å². The van der Waals surface area contributed by atoms with Crippen LogP contribution in [0, 0.1) is 0 Å². The Bertz CT molecular complexity index is 824. The summed E-state index contributed by atoms with van der Waals surface area (Å²) in [5, 5.41) is 9.25. The zero-order chi connectivity index (χ0) is 17.6. The van der Waals surface area contributed by atoms with Gasteiger partial charge in [0.05, 0.1) is 5.92 Å². The standard InChI is InChI=1S/C19H18F2N2O2/c20-19(21)10-13-4-3-12-5-8-23(18(24)25)9-6-15(12)16(13)17(19)14-2-1-7-22-11-14/h1-4,7,11,17H,5-6,8-10H2,(H,24,25). The van der Waals surface area contributed by atoms with Crippen LogP contribution in [0.4, 0.5) is 13.6 Å². The molecule has 1 aromatic carbocycles. The van der Waals surface area contributed by atoms with Crippen molar-refractivity contribution in [1.82, 2.24) is 9.88 Å². The summed E-state index contributed by atoms with van der Waals surface area (Å²) in [7, 11) is 0. The van der Waals surface area contributed by atoms with E-state index in [0.717, 1.165) is 11.1 Å². The SMILES string of the molecule is O=C(O)N1CCc2ccc3c(c2CC1)C(c1cccnc1)C(F)(F)C3. The van der Waals surface area contributed by atoms with Gasteiger partial charge in [-0.25, -0.2) is 13.6 Å². The number of nitrogens with zero attached hydrogens (tertiary/aromatic N) is 2. The minimum atomic E-state index is -2.86. The summed E-state index contributed by atoms with van der Waals surface area (Å²) < 4.78 is 29.7. The molecule has 1 atom stereocenters. The molecule has 1 N–H and O–H groups in total. The van der Waals surface area contributed by atoms with Crippen molar-refractivity contribution < 1.29 is 18.7 Å². The Kier molecular flexibility index (Phi) is 3.71. The van der Waals surface area contributed by atoms with Crippen LogP contribution in [0.2, 0.25) is 0 Å². The summed E-state index contributed by atoms with van der Waals surface area (Å²) in [6.07, 6.45) is 2.87. The van der Waals surface area contributed by atoms with E-state index in [1.54, 1.807) is 24.4 Å². The van der Waals surface area contributed by atoms with Crippen molar-refractivity contribution in [3.63, 3.8) is 0 Å². The topological polar surface area (TPSA) is 53.4 Å². The Morgan fingerprint density at radius 1 is 1.20 bits per heavy atom. The second-order valence-electron chi connectivity index (χ2n) is 6.70. The average molecular weight is 344 g/mol. The highest BCUT2D eigenvalue weighted by Crippen LogP contribution is 2.50. The number of alkyl halides is 2. The third-order valence-corrected chi connectivity index (χ3v) is 5.25. The third kappa shape index (κ3) is 2.65. The quantitative estimate of drug-likeness (QED) is 0.862. The van der Waals surface area contributed by atoms with E-state index in [9.17, 15) is 18.7 Å². The van der Waals surface area contributed by atoms with Crippen molar-refractivity contribution in [1.29, 1.82) is 0 Å². The van der Waals surface area contributed by atoms with E-state index in [4.69, 9.17) is 0 Å². The number of fused-ring (bicyclic) bond motifs is 3. The number of halogens is 2. The average Bonchev–Trinajstić information content (AvgIpc) is 2.72. The molecule has 0 bridgehead atoms. The molecule has 2 heterocycles. The smallest absolute Gasteiger partial charge is 0.407 e. The fourth-order valence-electron chi connectivity index (χ4n) is 4.13. The van der Waals surface area contributed by atoms with E-state index in [-0.39, 0.29) is 6.42 Å². The maximum Gasteiger partial charge on any atom is 0.407 e. The molecule has 4 nitrogen and oxygen atoms in total. The van der Waals surface area contributed by atoms with Gasteiger partial charge < -0.3 is 10.0 Å². The first kappa shape index (κ1) is 16.0. The molecule has 4 rings (SSSR count). The fourth-order valence-corrected chi connectivity index (χ4v) is 4.13. The van der Waals surface area contributed by atoms with Crippen molar-refractivity contribution in [2.45, 2.75) is 31.1 Å². The molecule has 1 aliphatic carbocycles. The first-order chi connectivity index (χ1) is 12.0. The number of carbonyl (C=O) groups is 1. The van der Waals surface area contributed by atoms with Crippen LogP contribution in [0.5, 0.6) is 0 Å². The number of hydrogen-bond donors (Lipinski definition) is 1. The van der Waals surface area contributed by atoms with Crippen molar-refractivity contribution in [3.8, 4) is 0 Å². The molecule has 0 spiro atoms. The Morgan fingerprint density at radius 2 is 1.96 bits per heavy atom. The van der Waals surface area contributed by atoms with Crippen LogP contribution in [0.15, 0.2) is 36.7 Å². The molecule has 2 aromatic rings. The first-order valence-corrected chi connectivity index (χ1v) is 8.36. The number of hydrogen-bond acceptors (Lipinski definition) is 2. The van der Waals surface area contributed by atoms with E-state index >= 15 is 0 Å². The van der Waals surface area contributed by atoms with Crippen LogP contribution in [0.1, 0.15) is 33.7 Å². The predicted molar refractivity (Wildman–Crippen MR) is 88.2 cm³/mol. The summed E-state index contributed by atoms with van der Waals surface area (Å²) in [5.74, 6) is -3.87. The fraction of sp³-hybridized carbons (Fsp3) is 0.368. The van der Waals surface area contributed by atoms with E-state index in [1.165, 1.54) is 11.1 Å². The summed E-state index contributed by atoms with van der Waals surface area (Å²) in [6.45, 7) is 0.735. The molecule has 130 valence electrons. The third-order valence-electron chi connectivity index (χ3n) is 5.25. The molecule has 6 heteroatoms. The summed E-state index contributed by atoms with van der Waals surface area (Å²) in [6, 6.07) is 7.05. The van der Waals surface area contributed by atoms with Gasteiger partial charge in [-0.1, -0.05) is 18.2 Å². The van der Waals surface area contributed by atoms with Crippen LogP contribution in [-0.4, -0.2) is 40.1 Å². The summed E-state index contributed by atoms with van der Waals surface area (Å²) in [5.41, 5.74) is 3.74. The number of pyridine rings is 1. The minimum Gasteiger partial charge on any atom is -0.465 e. The van der Waals surface area contributed by atoms with Crippen molar-refractivity contribution in [2.75, 3.05) is 13.1 Å². The lowest BCUT2D eigenvalue weighted by atomic mass is 9.85. The van der Waals surface area contributed by atoms with Gasteiger partial charge in [-0.2, -0.15) is 0 Å². The van der Waals surface area contributed by atoms with Gasteiger partial charge in [-0.3, -0.25) is 4.98 Å². The number of rotatable bonds is 1. The Balaban J connectivity index is 1.82. The lowest BCUT2D eigenvalue weighted by Crippen LogP contribution is -2.31. The van der Waals surface area contributed by atoms with Crippen LogP contribution in [-0.2, 0) is 19.3 Å². The Morgan fingerprint density at radius 3 is 2.68 bits per heavy atom. The molecule has 1 unspecified atom stereocenters. The molecule has 1 amide bonds. The first-order valence-electron chi connectivity index (χ1n) is 8.36. The molecule has 25 heavy (non-hydrogen) atoms. The van der Waals surface area contributed by atoms with Gasteiger partial charge in [0.2, 0.25) is 0 Å². The monoisotopic (exact) mass is 344 g/mol. The Hall–Kier alpha value is -2.50.